The van der Waals surface area contributed by atoms with Gasteiger partial charge in [0.1, 0.15) is 5.75 Å². The lowest BCUT2D eigenvalue weighted by Gasteiger charge is -2.40. The Morgan fingerprint density at radius 2 is 2.22 bits per heavy atom. The molecule has 0 spiro atoms. The zero-order valence-electron chi connectivity index (χ0n) is 13.1. The summed E-state index contributed by atoms with van der Waals surface area (Å²) < 4.78 is 10.9. The fourth-order valence-electron chi connectivity index (χ4n) is 3.20. The van der Waals surface area contributed by atoms with Gasteiger partial charge in [-0.3, -0.25) is 4.79 Å². The Balaban J connectivity index is 1.72. The molecule has 0 saturated heterocycles. The van der Waals surface area contributed by atoms with Crippen LogP contribution in [0.2, 0.25) is 0 Å². The molecule has 6 nitrogen and oxygen atoms in total. The Bertz CT molecular complexity index is 618. The molecule has 1 fully saturated rings. The Morgan fingerprint density at radius 3 is 2.83 bits per heavy atom. The molecule has 1 aliphatic carbocycles. The van der Waals surface area contributed by atoms with Gasteiger partial charge in [0.25, 0.3) is 0 Å². The van der Waals surface area contributed by atoms with E-state index in [0.29, 0.717) is 12.2 Å². The van der Waals surface area contributed by atoms with E-state index in [0.717, 1.165) is 37.0 Å². The van der Waals surface area contributed by atoms with E-state index in [9.17, 15) is 14.7 Å². The lowest BCUT2D eigenvalue weighted by molar-refractivity contribution is -0.145. The average Bonchev–Trinajstić information content (AvgIpc) is 2.95. The Morgan fingerprint density at radius 1 is 1.43 bits per heavy atom. The summed E-state index contributed by atoms with van der Waals surface area (Å²) in [5.74, 6) is -0.579. The van der Waals surface area contributed by atoms with Gasteiger partial charge in [-0.05, 0) is 42.5 Å². The molecule has 0 aromatic heterocycles. The number of carbonyl (C=O) groups excluding carboxylic acids is 1. The van der Waals surface area contributed by atoms with Crippen molar-refractivity contribution in [3.8, 4) is 5.75 Å². The van der Waals surface area contributed by atoms with Crippen molar-refractivity contribution >= 4 is 11.9 Å². The fourth-order valence-corrected chi connectivity index (χ4v) is 3.20. The zero-order chi connectivity index (χ0) is 16.4. The average molecular weight is 319 g/mol. The molecule has 1 aromatic carbocycles. The van der Waals surface area contributed by atoms with E-state index >= 15 is 0 Å². The molecule has 3 rings (SSSR count). The van der Waals surface area contributed by atoms with E-state index in [-0.39, 0.29) is 12.3 Å². The van der Waals surface area contributed by atoms with Crippen molar-refractivity contribution in [3.05, 3.63) is 29.3 Å². The zero-order valence-corrected chi connectivity index (χ0v) is 13.1. The van der Waals surface area contributed by atoms with Crippen LogP contribution in [0.5, 0.6) is 5.75 Å². The molecule has 0 bridgehead atoms. The molecule has 1 unspecified atom stereocenters. The molecule has 1 saturated carbocycles. The maximum atomic E-state index is 12.3. The number of rotatable bonds is 6. The van der Waals surface area contributed by atoms with Crippen molar-refractivity contribution in [1.29, 1.82) is 0 Å². The Hall–Kier alpha value is -2.08. The van der Waals surface area contributed by atoms with Gasteiger partial charge in [-0.1, -0.05) is 6.07 Å². The van der Waals surface area contributed by atoms with Gasteiger partial charge in [0, 0.05) is 13.5 Å². The maximum absolute atomic E-state index is 12.3. The molecule has 1 atom stereocenters. The first-order chi connectivity index (χ1) is 11.0. The third-order valence-electron chi connectivity index (χ3n) is 4.78. The van der Waals surface area contributed by atoms with Crippen LogP contribution >= 0.6 is 0 Å². The van der Waals surface area contributed by atoms with Crippen LogP contribution in [0.15, 0.2) is 18.2 Å². The van der Waals surface area contributed by atoms with E-state index in [2.05, 4.69) is 5.32 Å². The van der Waals surface area contributed by atoms with Crippen LogP contribution in [-0.4, -0.2) is 36.3 Å². The van der Waals surface area contributed by atoms with Gasteiger partial charge in [-0.2, -0.15) is 0 Å². The summed E-state index contributed by atoms with van der Waals surface area (Å²) in [5, 5.41) is 12.1. The third kappa shape index (κ3) is 3.17. The normalized spacial score (nSPS) is 19.2. The van der Waals surface area contributed by atoms with Crippen molar-refractivity contribution in [3.63, 3.8) is 0 Å². The van der Waals surface area contributed by atoms with Crippen molar-refractivity contribution in [1.82, 2.24) is 5.32 Å². The number of carbonyl (C=O) groups is 2. The number of methoxy groups -OCH3 is 1. The summed E-state index contributed by atoms with van der Waals surface area (Å²) in [6, 6.07) is 4.21. The van der Waals surface area contributed by atoms with Gasteiger partial charge in [-0.15, -0.1) is 0 Å². The summed E-state index contributed by atoms with van der Waals surface area (Å²) in [4.78, 5) is 23.8. The first kappa shape index (κ1) is 15.8. The number of nitrogens with one attached hydrogen (secondary N) is 1. The van der Waals surface area contributed by atoms with E-state index in [4.69, 9.17) is 9.47 Å². The van der Waals surface area contributed by atoms with Crippen LogP contribution < -0.4 is 10.1 Å². The van der Waals surface area contributed by atoms with Crippen molar-refractivity contribution in [2.75, 3.05) is 13.7 Å². The standard InChI is InChI=1S/C17H21NO5/c1-22-17(6-2-7-17)10-14(19)18-15(16(20)21)12-3-4-13-11(9-12)5-8-23-13/h3-4,9,15H,2,5-8,10H2,1H3,(H,18,19)(H,20,21). The quantitative estimate of drug-likeness (QED) is 0.835. The highest BCUT2D eigenvalue weighted by Crippen LogP contribution is 2.38. The van der Waals surface area contributed by atoms with Crippen LogP contribution in [-0.2, 0) is 20.7 Å². The van der Waals surface area contributed by atoms with Crippen molar-refractivity contribution < 1.29 is 24.2 Å². The minimum atomic E-state index is -1.07. The number of benzene rings is 1. The van der Waals surface area contributed by atoms with Crippen LogP contribution in [0, 0.1) is 0 Å². The van der Waals surface area contributed by atoms with Gasteiger partial charge in [0.15, 0.2) is 6.04 Å². The summed E-state index contributed by atoms with van der Waals surface area (Å²) in [5.41, 5.74) is 1.13. The second kappa shape index (κ2) is 6.20. The highest BCUT2D eigenvalue weighted by Gasteiger charge is 2.39. The SMILES string of the molecule is COC1(CC(=O)NC(C(=O)O)c2ccc3c(c2)CCO3)CCC1. The van der Waals surface area contributed by atoms with Gasteiger partial charge >= 0.3 is 5.97 Å². The molecular formula is C17H21NO5. The summed E-state index contributed by atoms with van der Waals surface area (Å²) >= 11 is 0. The third-order valence-corrected chi connectivity index (χ3v) is 4.78. The van der Waals surface area contributed by atoms with Crippen LogP contribution in [0.3, 0.4) is 0 Å². The monoisotopic (exact) mass is 319 g/mol. The largest absolute Gasteiger partial charge is 0.493 e. The minimum Gasteiger partial charge on any atom is -0.493 e. The molecule has 6 heteroatoms. The molecule has 1 heterocycles. The minimum absolute atomic E-state index is 0.196. The lowest BCUT2D eigenvalue weighted by Crippen LogP contribution is -2.45. The summed E-state index contributed by atoms with van der Waals surface area (Å²) in [7, 11) is 1.60. The van der Waals surface area contributed by atoms with Crippen molar-refractivity contribution in [2.24, 2.45) is 0 Å². The molecule has 124 valence electrons. The Kier molecular flexibility index (Phi) is 4.26. The molecule has 1 amide bonds. The number of amides is 1. The number of carboxylic acids is 1. The highest BCUT2D eigenvalue weighted by atomic mass is 16.5. The molecular weight excluding hydrogens is 298 g/mol. The van der Waals surface area contributed by atoms with E-state index in [1.165, 1.54) is 0 Å². The van der Waals surface area contributed by atoms with E-state index in [1.807, 2.05) is 0 Å². The number of hydrogen-bond donors (Lipinski definition) is 2. The second-order valence-corrected chi connectivity index (χ2v) is 6.22. The van der Waals surface area contributed by atoms with Crippen LogP contribution in [0.4, 0.5) is 0 Å². The summed E-state index contributed by atoms with van der Waals surface area (Å²) in [6.45, 7) is 0.610. The molecule has 1 aliphatic heterocycles. The molecule has 23 heavy (non-hydrogen) atoms. The topological polar surface area (TPSA) is 84.9 Å². The second-order valence-electron chi connectivity index (χ2n) is 6.22. The smallest absolute Gasteiger partial charge is 0.330 e. The van der Waals surface area contributed by atoms with Gasteiger partial charge in [-0.25, -0.2) is 4.79 Å². The van der Waals surface area contributed by atoms with Gasteiger partial charge in [0.05, 0.1) is 18.6 Å². The molecule has 2 N–H and O–H groups in total. The fraction of sp³-hybridized carbons (Fsp3) is 0.529. The number of aliphatic carboxylic acids is 1. The predicted octanol–water partition coefficient (Wildman–Crippen LogP) is 1.82. The van der Waals surface area contributed by atoms with E-state index < -0.39 is 17.6 Å². The van der Waals surface area contributed by atoms with Crippen LogP contribution in [0.1, 0.15) is 42.9 Å². The lowest BCUT2D eigenvalue weighted by atomic mass is 9.77. The number of ether oxygens (including phenoxy) is 2. The molecule has 0 radical (unpaired) electrons. The Labute approximate surface area is 134 Å². The van der Waals surface area contributed by atoms with E-state index in [1.54, 1.807) is 25.3 Å². The first-order valence-corrected chi connectivity index (χ1v) is 7.86. The number of carboxylic acid groups (broad SMARTS) is 1. The van der Waals surface area contributed by atoms with Crippen LogP contribution in [0.25, 0.3) is 0 Å². The summed E-state index contributed by atoms with van der Waals surface area (Å²) in [6.07, 6.45) is 3.67. The maximum Gasteiger partial charge on any atom is 0.330 e. The number of hydrogen-bond acceptors (Lipinski definition) is 4. The predicted molar refractivity (Wildman–Crippen MR) is 82.4 cm³/mol. The van der Waals surface area contributed by atoms with Gasteiger partial charge < -0.3 is 19.9 Å². The van der Waals surface area contributed by atoms with Crippen molar-refractivity contribution in [2.45, 2.75) is 43.7 Å². The molecule has 1 aromatic rings. The number of fused-ring (bicyclic) bond motifs is 1. The first-order valence-electron chi connectivity index (χ1n) is 7.86. The molecule has 2 aliphatic rings. The highest BCUT2D eigenvalue weighted by molar-refractivity contribution is 5.85. The van der Waals surface area contributed by atoms with Gasteiger partial charge in [0.2, 0.25) is 5.91 Å².